The van der Waals surface area contributed by atoms with E-state index < -0.39 is 11.7 Å². The molecule has 3 aromatic carbocycles. The molecule has 3 heteroatoms. The molecule has 0 radical (unpaired) electrons. The van der Waals surface area contributed by atoms with Crippen molar-refractivity contribution < 1.29 is 8.78 Å². The summed E-state index contributed by atoms with van der Waals surface area (Å²) in [6, 6.07) is 24.4. The number of hydrogen-bond acceptors (Lipinski definition) is 1. The molecule has 1 nitrogen and oxygen atoms in total. The van der Waals surface area contributed by atoms with Crippen LogP contribution in [-0.2, 0) is 0 Å². The molecule has 0 amide bonds. The van der Waals surface area contributed by atoms with E-state index in [1.165, 1.54) is 0 Å². The SMILES string of the molecule is CCCCC(F)=C(F)c1ccc(-c2ccc(-c3ccc(C#N)cc3)cc2)cc1. The molecule has 0 saturated heterocycles. The maximum Gasteiger partial charge on any atom is 0.161 e. The third kappa shape index (κ3) is 4.53. The Kier molecular flexibility index (Phi) is 6.34. The Balaban J connectivity index is 1.78. The number of benzene rings is 3. The first-order chi connectivity index (χ1) is 13.6. The number of nitriles is 1. The quantitative estimate of drug-likeness (QED) is 0.434. The van der Waals surface area contributed by atoms with Gasteiger partial charge in [-0.1, -0.05) is 74.0 Å². The molecule has 0 aliphatic carbocycles. The van der Waals surface area contributed by atoms with Gasteiger partial charge in [0.15, 0.2) is 5.83 Å². The van der Waals surface area contributed by atoms with Gasteiger partial charge in [-0.05, 0) is 40.8 Å². The summed E-state index contributed by atoms with van der Waals surface area (Å²) in [6.07, 6.45) is 1.61. The summed E-state index contributed by atoms with van der Waals surface area (Å²) < 4.78 is 28.0. The molecule has 0 bridgehead atoms. The Labute approximate surface area is 164 Å². The molecule has 3 rings (SSSR count). The van der Waals surface area contributed by atoms with Gasteiger partial charge in [0, 0.05) is 12.0 Å². The number of nitrogens with zero attached hydrogens (tertiary/aromatic N) is 1. The molecule has 28 heavy (non-hydrogen) atoms. The van der Waals surface area contributed by atoms with Crippen molar-refractivity contribution in [3.8, 4) is 28.3 Å². The molecule has 140 valence electrons. The van der Waals surface area contributed by atoms with Gasteiger partial charge in [-0.3, -0.25) is 0 Å². The Morgan fingerprint density at radius 1 is 0.750 bits per heavy atom. The number of unbranched alkanes of at least 4 members (excludes halogenated alkanes) is 1. The van der Waals surface area contributed by atoms with E-state index in [9.17, 15) is 8.78 Å². The molecular formula is C25H21F2N. The van der Waals surface area contributed by atoms with Crippen LogP contribution in [0.25, 0.3) is 28.1 Å². The summed E-state index contributed by atoms with van der Waals surface area (Å²) in [4.78, 5) is 0. The normalized spacial score (nSPS) is 11.6. The monoisotopic (exact) mass is 373 g/mol. The van der Waals surface area contributed by atoms with Crippen molar-refractivity contribution in [2.75, 3.05) is 0 Å². The standard InChI is InChI=1S/C25H21F2N/c1-2-3-4-24(26)25(27)23-15-13-22(14-16-23)21-11-9-20(10-12-21)19-7-5-18(17-28)6-8-19/h5-16H,2-4H2,1H3. The first-order valence-electron chi connectivity index (χ1n) is 9.38. The number of rotatable bonds is 6. The molecule has 0 aliphatic rings. The number of hydrogen-bond donors (Lipinski definition) is 0. The highest BCUT2D eigenvalue weighted by Gasteiger charge is 2.09. The summed E-state index contributed by atoms with van der Waals surface area (Å²) in [6.45, 7) is 1.95. The van der Waals surface area contributed by atoms with Gasteiger partial charge in [0.05, 0.1) is 11.6 Å². The van der Waals surface area contributed by atoms with E-state index in [2.05, 4.69) is 6.07 Å². The van der Waals surface area contributed by atoms with Crippen LogP contribution in [0.5, 0.6) is 0 Å². The second kappa shape index (κ2) is 9.10. The molecule has 0 aliphatic heterocycles. The molecular weight excluding hydrogens is 352 g/mol. The fourth-order valence-electron chi connectivity index (χ4n) is 3.00. The largest absolute Gasteiger partial charge is 0.209 e. The van der Waals surface area contributed by atoms with Gasteiger partial charge < -0.3 is 0 Å². The number of halogens is 2. The Morgan fingerprint density at radius 3 is 1.61 bits per heavy atom. The highest BCUT2D eigenvalue weighted by atomic mass is 19.2. The van der Waals surface area contributed by atoms with Crippen LogP contribution in [0.3, 0.4) is 0 Å². The van der Waals surface area contributed by atoms with Crippen LogP contribution in [0.15, 0.2) is 78.6 Å². The predicted octanol–water partition coefficient (Wildman–Crippen LogP) is 7.69. The van der Waals surface area contributed by atoms with Gasteiger partial charge in [-0.2, -0.15) is 5.26 Å². The van der Waals surface area contributed by atoms with E-state index in [-0.39, 0.29) is 12.0 Å². The third-order valence-corrected chi connectivity index (χ3v) is 4.69. The molecule has 0 unspecified atom stereocenters. The van der Waals surface area contributed by atoms with E-state index in [4.69, 9.17) is 5.26 Å². The van der Waals surface area contributed by atoms with Crippen molar-refractivity contribution in [2.45, 2.75) is 26.2 Å². The van der Waals surface area contributed by atoms with E-state index in [0.29, 0.717) is 12.0 Å². The highest BCUT2D eigenvalue weighted by molar-refractivity contribution is 5.72. The van der Waals surface area contributed by atoms with Crippen molar-refractivity contribution in [2.24, 2.45) is 0 Å². The second-order valence-corrected chi connectivity index (χ2v) is 6.67. The van der Waals surface area contributed by atoms with Crippen LogP contribution < -0.4 is 0 Å². The van der Waals surface area contributed by atoms with Crippen LogP contribution in [0.1, 0.15) is 37.3 Å². The minimum absolute atomic E-state index is 0.140. The van der Waals surface area contributed by atoms with Crippen LogP contribution in [0.2, 0.25) is 0 Å². The average Bonchev–Trinajstić information content (AvgIpc) is 2.77. The second-order valence-electron chi connectivity index (χ2n) is 6.67. The topological polar surface area (TPSA) is 23.8 Å². The minimum Gasteiger partial charge on any atom is -0.209 e. The zero-order valence-electron chi connectivity index (χ0n) is 15.8. The first-order valence-corrected chi connectivity index (χ1v) is 9.38. The summed E-state index contributed by atoms with van der Waals surface area (Å²) >= 11 is 0. The van der Waals surface area contributed by atoms with E-state index >= 15 is 0 Å². The van der Waals surface area contributed by atoms with E-state index in [0.717, 1.165) is 28.7 Å². The van der Waals surface area contributed by atoms with Crippen molar-refractivity contribution in [1.82, 2.24) is 0 Å². The fourth-order valence-corrected chi connectivity index (χ4v) is 3.00. The zero-order chi connectivity index (χ0) is 19.9. The third-order valence-electron chi connectivity index (χ3n) is 4.69. The van der Waals surface area contributed by atoms with Gasteiger partial charge >= 0.3 is 0 Å². The summed E-state index contributed by atoms with van der Waals surface area (Å²) in [5.41, 5.74) is 4.93. The van der Waals surface area contributed by atoms with Crippen LogP contribution in [-0.4, -0.2) is 0 Å². The van der Waals surface area contributed by atoms with Crippen LogP contribution >= 0.6 is 0 Å². The molecule has 3 aromatic rings. The fraction of sp³-hybridized carbons (Fsp3) is 0.160. The maximum absolute atomic E-state index is 14.2. The van der Waals surface area contributed by atoms with Crippen molar-refractivity contribution in [3.05, 3.63) is 89.8 Å². The van der Waals surface area contributed by atoms with Crippen LogP contribution in [0, 0.1) is 11.3 Å². The number of allylic oxidation sites excluding steroid dienone is 1. The van der Waals surface area contributed by atoms with Gasteiger partial charge in [-0.25, -0.2) is 8.78 Å². The molecule has 0 fully saturated rings. The van der Waals surface area contributed by atoms with E-state index in [1.807, 2.05) is 43.3 Å². The molecule has 0 spiro atoms. The lowest BCUT2D eigenvalue weighted by molar-refractivity contribution is 0.548. The molecule has 0 heterocycles. The molecule has 0 aromatic heterocycles. The Bertz CT molecular complexity index is 992. The molecule has 0 N–H and O–H groups in total. The van der Waals surface area contributed by atoms with Crippen LogP contribution in [0.4, 0.5) is 8.78 Å². The lowest BCUT2D eigenvalue weighted by Gasteiger charge is -2.07. The summed E-state index contributed by atoms with van der Waals surface area (Å²) in [5, 5.41) is 8.89. The van der Waals surface area contributed by atoms with Crippen molar-refractivity contribution in [3.63, 3.8) is 0 Å². The summed E-state index contributed by atoms with van der Waals surface area (Å²) in [5.74, 6) is -1.45. The predicted molar refractivity (Wildman–Crippen MR) is 111 cm³/mol. The first kappa shape index (κ1) is 19.5. The van der Waals surface area contributed by atoms with E-state index in [1.54, 1.807) is 36.4 Å². The summed E-state index contributed by atoms with van der Waals surface area (Å²) in [7, 11) is 0. The Hall–Kier alpha value is -3.25. The lowest BCUT2D eigenvalue weighted by Crippen LogP contribution is -1.85. The van der Waals surface area contributed by atoms with Gasteiger partial charge in [0.2, 0.25) is 0 Å². The van der Waals surface area contributed by atoms with Crippen molar-refractivity contribution in [1.29, 1.82) is 5.26 Å². The van der Waals surface area contributed by atoms with Gasteiger partial charge in [0.25, 0.3) is 0 Å². The lowest BCUT2D eigenvalue weighted by atomic mass is 9.99. The van der Waals surface area contributed by atoms with Gasteiger partial charge in [-0.15, -0.1) is 0 Å². The maximum atomic E-state index is 14.2. The smallest absolute Gasteiger partial charge is 0.161 e. The molecule has 0 atom stereocenters. The average molecular weight is 373 g/mol. The highest BCUT2D eigenvalue weighted by Crippen LogP contribution is 2.29. The minimum atomic E-state index is -0.767. The molecule has 0 saturated carbocycles. The van der Waals surface area contributed by atoms with Gasteiger partial charge in [0.1, 0.15) is 5.83 Å². The Morgan fingerprint density at radius 2 is 1.18 bits per heavy atom. The zero-order valence-corrected chi connectivity index (χ0v) is 15.8. The van der Waals surface area contributed by atoms with Crippen molar-refractivity contribution >= 4 is 5.83 Å².